The van der Waals surface area contributed by atoms with Gasteiger partial charge in [0.25, 0.3) is 0 Å². The van der Waals surface area contributed by atoms with Crippen molar-refractivity contribution in [2.45, 2.75) is 39.5 Å². The quantitative estimate of drug-likeness (QED) is 0.675. The Labute approximate surface area is 119 Å². The summed E-state index contributed by atoms with van der Waals surface area (Å²) in [6.45, 7) is 6.61. The second-order valence-corrected chi connectivity index (χ2v) is 5.12. The summed E-state index contributed by atoms with van der Waals surface area (Å²) in [5.74, 6) is -0.159. The van der Waals surface area contributed by atoms with Gasteiger partial charge in [0.2, 0.25) is 0 Å². The van der Waals surface area contributed by atoms with E-state index in [1.165, 1.54) is 6.20 Å². The number of aliphatic hydroxyl groups is 1. The maximum absolute atomic E-state index is 11.3. The first kappa shape index (κ1) is 16.4. The maximum atomic E-state index is 11.3. The SMILES string of the molecule is CCC(CCO)CNc1cnc(C(C)C)nc1C(=O)O. The molecule has 3 N–H and O–H groups in total. The van der Waals surface area contributed by atoms with Gasteiger partial charge in [-0.2, -0.15) is 0 Å². The van der Waals surface area contributed by atoms with Gasteiger partial charge >= 0.3 is 5.97 Å². The van der Waals surface area contributed by atoms with Crippen LogP contribution in [0, 0.1) is 5.92 Å². The van der Waals surface area contributed by atoms with Crippen LogP contribution in [0.4, 0.5) is 5.69 Å². The Morgan fingerprint density at radius 2 is 2.15 bits per heavy atom. The van der Waals surface area contributed by atoms with E-state index < -0.39 is 5.97 Å². The Hall–Kier alpha value is -1.69. The molecule has 1 aromatic heterocycles. The highest BCUT2D eigenvalue weighted by atomic mass is 16.4. The molecule has 6 heteroatoms. The number of carboxylic acid groups (broad SMARTS) is 1. The van der Waals surface area contributed by atoms with Gasteiger partial charge in [0.05, 0.1) is 11.9 Å². The Kier molecular flexibility index (Phi) is 6.38. The van der Waals surface area contributed by atoms with Crippen molar-refractivity contribution in [1.82, 2.24) is 9.97 Å². The van der Waals surface area contributed by atoms with Gasteiger partial charge in [0.15, 0.2) is 5.69 Å². The van der Waals surface area contributed by atoms with E-state index in [-0.39, 0.29) is 18.2 Å². The third-order valence-electron chi connectivity index (χ3n) is 3.22. The molecule has 0 aliphatic heterocycles. The first-order chi connectivity index (χ1) is 9.49. The molecule has 0 bridgehead atoms. The molecular formula is C14H23N3O3. The number of aromatic carboxylic acids is 1. The number of rotatable bonds is 8. The second-order valence-electron chi connectivity index (χ2n) is 5.12. The van der Waals surface area contributed by atoms with Crippen molar-refractivity contribution >= 4 is 11.7 Å². The van der Waals surface area contributed by atoms with Gasteiger partial charge in [-0.05, 0) is 12.3 Å². The van der Waals surface area contributed by atoms with Crippen molar-refractivity contribution in [2.24, 2.45) is 5.92 Å². The number of carboxylic acids is 1. The van der Waals surface area contributed by atoms with E-state index in [0.29, 0.717) is 30.4 Å². The first-order valence-corrected chi connectivity index (χ1v) is 6.94. The van der Waals surface area contributed by atoms with Crippen LogP contribution in [-0.4, -0.2) is 39.3 Å². The van der Waals surface area contributed by atoms with Gasteiger partial charge in [-0.15, -0.1) is 0 Å². The second kappa shape index (κ2) is 7.79. The van der Waals surface area contributed by atoms with E-state index in [4.69, 9.17) is 5.11 Å². The largest absolute Gasteiger partial charge is 0.476 e. The normalized spacial score (nSPS) is 12.4. The third-order valence-corrected chi connectivity index (χ3v) is 3.22. The van der Waals surface area contributed by atoms with Crippen molar-refractivity contribution in [1.29, 1.82) is 0 Å². The molecule has 1 aromatic rings. The smallest absolute Gasteiger partial charge is 0.356 e. The number of hydrogen-bond donors (Lipinski definition) is 3. The van der Waals surface area contributed by atoms with Crippen LogP contribution in [0.1, 0.15) is 55.8 Å². The summed E-state index contributed by atoms with van der Waals surface area (Å²) in [5.41, 5.74) is 0.431. The van der Waals surface area contributed by atoms with E-state index in [0.717, 1.165) is 6.42 Å². The summed E-state index contributed by atoms with van der Waals surface area (Å²) in [7, 11) is 0. The summed E-state index contributed by atoms with van der Waals surface area (Å²) in [6.07, 6.45) is 3.13. The minimum absolute atomic E-state index is 0.00236. The van der Waals surface area contributed by atoms with Crippen molar-refractivity contribution in [3.05, 3.63) is 17.7 Å². The van der Waals surface area contributed by atoms with Gasteiger partial charge in [-0.1, -0.05) is 27.2 Å². The monoisotopic (exact) mass is 281 g/mol. The molecule has 1 heterocycles. The fraction of sp³-hybridized carbons (Fsp3) is 0.643. The minimum Gasteiger partial charge on any atom is -0.476 e. The molecule has 0 spiro atoms. The third kappa shape index (κ3) is 4.45. The Bertz CT molecular complexity index is 449. The molecule has 0 fully saturated rings. The van der Waals surface area contributed by atoms with Crippen molar-refractivity contribution in [3.63, 3.8) is 0 Å². The fourth-order valence-corrected chi connectivity index (χ4v) is 1.85. The highest BCUT2D eigenvalue weighted by Crippen LogP contribution is 2.18. The molecule has 1 atom stereocenters. The minimum atomic E-state index is -1.06. The Balaban J connectivity index is 2.86. The predicted octanol–water partition coefficient (Wildman–Crippen LogP) is 2.12. The lowest BCUT2D eigenvalue weighted by Gasteiger charge is -2.16. The molecule has 0 aliphatic carbocycles. The van der Waals surface area contributed by atoms with Crippen LogP contribution >= 0.6 is 0 Å². The molecule has 1 rings (SSSR count). The molecule has 1 unspecified atom stereocenters. The zero-order valence-electron chi connectivity index (χ0n) is 12.3. The van der Waals surface area contributed by atoms with Gasteiger partial charge < -0.3 is 15.5 Å². The number of hydrogen-bond acceptors (Lipinski definition) is 5. The van der Waals surface area contributed by atoms with Crippen molar-refractivity contribution in [3.8, 4) is 0 Å². The molecule has 20 heavy (non-hydrogen) atoms. The van der Waals surface area contributed by atoms with Crippen LogP contribution in [0.2, 0.25) is 0 Å². The lowest BCUT2D eigenvalue weighted by Crippen LogP contribution is -2.18. The lowest BCUT2D eigenvalue weighted by molar-refractivity contribution is 0.0691. The highest BCUT2D eigenvalue weighted by molar-refractivity contribution is 5.91. The van der Waals surface area contributed by atoms with E-state index in [1.807, 2.05) is 20.8 Å². The maximum Gasteiger partial charge on any atom is 0.356 e. The molecule has 0 aromatic carbocycles. The molecule has 0 saturated carbocycles. The molecule has 0 aliphatic rings. The summed E-state index contributed by atoms with van der Waals surface area (Å²) in [5, 5.41) is 21.3. The topological polar surface area (TPSA) is 95.3 Å². The summed E-state index contributed by atoms with van der Waals surface area (Å²) in [4.78, 5) is 19.5. The van der Waals surface area contributed by atoms with Crippen LogP contribution in [0.3, 0.4) is 0 Å². The van der Waals surface area contributed by atoms with Crippen LogP contribution in [0.15, 0.2) is 6.20 Å². The van der Waals surface area contributed by atoms with Crippen LogP contribution in [-0.2, 0) is 0 Å². The van der Waals surface area contributed by atoms with E-state index in [1.54, 1.807) is 0 Å². The van der Waals surface area contributed by atoms with E-state index >= 15 is 0 Å². The average molecular weight is 281 g/mol. The highest BCUT2D eigenvalue weighted by Gasteiger charge is 2.16. The van der Waals surface area contributed by atoms with Crippen molar-refractivity contribution < 1.29 is 15.0 Å². The fourth-order valence-electron chi connectivity index (χ4n) is 1.85. The predicted molar refractivity (Wildman–Crippen MR) is 77.1 cm³/mol. The zero-order valence-corrected chi connectivity index (χ0v) is 12.3. The summed E-state index contributed by atoms with van der Waals surface area (Å²) >= 11 is 0. The molecule has 6 nitrogen and oxygen atoms in total. The number of nitrogens with zero attached hydrogens (tertiary/aromatic N) is 2. The number of aliphatic hydroxyl groups excluding tert-OH is 1. The van der Waals surface area contributed by atoms with Crippen LogP contribution < -0.4 is 5.32 Å². The number of carbonyl (C=O) groups is 1. The molecule has 112 valence electrons. The molecular weight excluding hydrogens is 258 g/mol. The van der Waals surface area contributed by atoms with Gasteiger partial charge in [-0.3, -0.25) is 0 Å². The molecule has 0 radical (unpaired) electrons. The van der Waals surface area contributed by atoms with Gasteiger partial charge in [0.1, 0.15) is 5.82 Å². The standard InChI is InChI=1S/C14H23N3O3/c1-4-10(5-6-18)7-15-11-8-16-13(9(2)3)17-12(11)14(19)20/h8-10,15,18H,4-7H2,1-3H3,(H,19,20). The van der Waals surface area contributed by atoms with Crippen LogP contribution in [0.5, 0.6) is 0 Å². The first-order valence-electron chi connectivity index (χ1n) is 6.94. The van der Waals surface area contributed by atoms with Crippen LogP contribution in [0.25, 0.3) is 0 Å². The molecule has 0 saturated heterocycles. The summed E-state index contributed by atoms with van der Waals surface area (Å²) < 4.78 is 0. The number of anilines is 1. The number of nitrogens with one attached hydrogen (secondary N) is 1. The average Bonchev–Trinajstić information content (AvgIpc) is 2.42. The zero-order chi connectivity index (χ0) is 15.1. The lowest BCUT2D eigenvalue weighted by atomic mass is 10.0. The Morgan fingerprint density at radius 1 is 1.45 bits per heavy atom. The van der Waals surface area contributed by atoms with E-state index in [9.17, 15) is 9.90 Å². The summed E-state index contributed by atoms with van der Waals surface area (Å²) in [6, 6.07) is 0. The van der Waals surface area contributed by atoms with Crippen molar-refractivity contribution in [2.75, 3.05) is 18.5 Å². The van der Waals surface area contributed by atoms with Gasteiger partial charge in [-0.25, -0.2) is 14.8 Å². The van der Waals surface area contributed by atoms with E-state index in [2.05, 4.69) is 15.3 Å². The Morgan fingerprint density at radius 3 is 2.65 bits per heavy atom. The molecule has 0 amide bonds. The van der Waals surface area contributed by atoms with Gasteiger partial charge in [0, 0.05) is 19.1 Å². The number of aromatic nitrogens is 2.